The first-order valence-electron chi connectivity index (χ1n) is 11.5. The van der Waals surface area contributed by atoms with Gasteiger partial charge in [0.1, 0.15) is 5.82 Å². The zero-order chi connectivity index (χ0) is 24.5. The van der Waals surface area contributed by atoms with Gasteiger partial charge in [-0.15, -0.1) is 10.2 Å². The molecule has 1 aromatic carbocycles. The van der Waals surface area contributed by atoms with Crippen LogP contribution >= 0.6 is 11.8 Å². The largest absolute Gasteiger partial charge is 0.376 e. The Balaban J connectivity index is 1.34. The first kappa shape index (κ1) is 23.5. The zero-order valence-corrected chi connectivity index (χ0v) is 20.4. The summed E-state index contributed by atoms with van der Waals surface area (Å²) in [6, 6.07) is 6.20. The van der Waals surface area contributed by atoms with Crippen LogP contribution in [0.1, 0.15) is 19.3 Å². The number of benzene rings is 1. The molecule has 1 aliphatic heterocycles. The lowest BCUT2D eigenvalue weighted by Crippen LogP contribution is -2.39. The number of hydrogen-bond donors (Lipinski definition) is 0. The fourth-order valence-corrected chi connectivity index (χ4v) is 5.22. The Labute approximate surface area is 204 Å². The van der Waals surface area contributed by atoms with Crippen LogP contribution in [-0.4, -0.2) is 51.9 Å². The number of thioether (sulfide) groups is 1. The summed E-state index contributed by atoms with van der Waals surface area (Å²) < 4.78 is 25.6. The van der Waals surface area contributed by atoms with E-state index in [1.807, 2.05) is 4.57 Å². The molecule has 184 valence electrons. The van der Waals surface area contributed by atoms with Gasteiger partial charge in [-0.1, -0.05) is 11.8 Å². The van der Waals surface area contributed by atoms with Gasteiger partial charge >= 0.3 is 5.69 Å². The predicted molar refractivity (Wildman–Crippen MR) is 130 cm³/mol. The van der Waals surface area contributed by atoms with E-state index < -0.39 is 0 Å². The van der Waals surface area contributed by atoms with Crippen LogP contribution in [0.3, 0.4) is 0 Å². The molecule has 0 bridgehead atoms. The van der Waals surface area contributed by atoms with Crippen molar-refractivity contribution in [2.24, 2.45) is 14.1 Å². The lowest BCUT2D eigenvalue weighted by atomic mass is 10.2. The van der Waals surface area contributed by atoms with Crippen molar-refractivity contribution in [2.75, 3.05) is 12.4 Å². The third-order valence-electron chi connectivity index (χ3n) is 6.19. The average molecular weight is 500 g/mol. The number of hydrogen-bond acceptors (Lipinski definition) is 7. The Bertz CT molecular complexity index is 1470. The van der Waals surface area contributed by atoms with Gasteiger partial charge in [0.25, 0.3) is 5.56 Å². The first-order chi connectivity index (χ1) is 16.9. The standard InChI is InChI=1S/C23H26FN7O3S/c1-28-14-25-20-18(28)21(32)30(23(33)29(20)2)10-4-12-35-22-27-26-19(15-6-8-16(24)9-7-15)31(22)13-17-5-3-11-34-17/h6-9,14,17H,3-5,10-13H2,1-2H3/t17-/m1/s1. The van der Waals surface area contributed by atoms with Gasteiger partial charge in [-0.3, -0.25) is 18.5 Å². The van der Waals surface area contributed by atoms with Crippen LogP contribution in [0.4, 0.5) is 4.39 Å². The minimum Gasteiger partial charge on any atom is -0.376 e. The average Bonchev–Trinajstić information content (AvgIpc) is 3.59. The molecular weight excluding hydrogens is 473 g/mol. The molecule has 10 nitrogen and oxygen atoms in total. The Hall–Kier alpha value is -3.25. The quantitative estimate of drug-likeness (QED) is 0.271. The second-order valence-corrected chi connectivity index (χ2v) is 9.65. The van der Waals surface area contributed by atoms with Gasteiger partial charge in [-0.25, -0.2) is 14.2 Å². The number of halogens is 1. The van der Waals surface area contributed by atoms with Gasteiger partial charge in [0.05, 0.1) is 19.0 Å². The van der Waals surface area contributed by atoms with E-state index >= 15 is 0 Å². The SMILES string of the molecule is Cn1cnc2c1c(=O)n(CCCSc1nnc(-c3ccc(F)cc3)n1C[C@H]1CCCO1)c(=O)n2C. The van der Waals surface area contributed by atoms with Crippen molar-refractivity contribution >= 4 is 22.9 Å². The van der Waals surface area contributed by atoms with E-state index in [0.29, 0.717) is 35.7 Å². The fourth-order valence-electron chi connectivity index (χ4n) is 4.34. The molecular formula is C23H26FN7O3S. The number of aromatic nitrogens is 7. The van der Waals surface area contributed by atoms with Crippen LogP contribution < -0.4 is 11.2 Å². The van der Waals surface area contributed by atoms with Gasteiger partial charge < -0.3 is 9.30 Å². The lowest BCUT2D eigenvalue weighted by molar-refractivity contribution is 0.0953. The van der Waals surface area contributed by atoms with E-state index in [1.54, 1.807) is 30.8 Å². The molecule has 4 heterocycles. The molecule has 5 rings (SSSR count). The monoisotopic (exact) mass is 499 g/mol. The number of imidazole rings is 1. The first-order valence-corrected chi connectivity index (χ1v) is 12.5. The Morgan fingerprint density at radius 3 is 2.69 bits per heavy atom. The van der Waals surface area contributed by atoms with E-state index in [1.165, 1.54) is 39.4 Å². The molecule has 0 aliphatic carbocycles. The highest BCUT2D eigenvalue weighted by Crippen LogP contribution is 2.27. The maximum atomic E-state index is 13.4. The molecule has 1 saturated heterocycles. The van der Waals surface area contributed by atoms with E-state index in [2.05, 4.69) is 15.2 Å². The normalized spacial score (nSPS) is 15.9. The van der Waals surface area contributed by atoms with Crippen LogP contribution in [0.25, 0.3) is 22.6 Å². The van der Waals surface area contributed by atoms with Crippen LogP contribution in [-0.2, 0) is 31.9 Å². The molecule has 1 aliphatic rings. The van der Waals surface area contributed by atoms with Crippen LogP contribution in [0.5, 0.6) is 0 Å². The second kappa shape index (κ2) is 9.78. The number of aryl methyl sites for hydroxylation is 2. The summed E-state index contributed by atoms with van der Waals surface area (Å²) in [5, 5.41) is 9.47. The maximum Gasteiger partial charge on any atom is 0.332 e. The molecule has 0 spiro atoms. The minimum atomic E-state index is -0.383. The van der Waals surface area contributed by atoms with Crippen molar-refractivity contribution in [3.05, 3.63) is 57.2 Å². The summed E-state index contributed by atoms with van der Waals surface area (Å²) in [6.45, 7) is 1.63. The number of nitrogens with zero attached hydrogens (tertiary/aromatic N) is 7. The van der Waals surface area contributed by atoms with E-state index in [9.17, 15) is 14.0 Å². The van der Waals surface area contributed by atoms with E-state index in [-0.39, 0.29) is 29.7 Å². The summed E-state index contributed by atoms with van der Waals surface area (Å²) in [5.74, 6) is 0.987. The molecule has 35 heavy (non-hydrogen) atoms. The molecule has 3 aromatic heterocycles. The van der Waals surface area contributed by atoms with Gasteiger partial charge in [-0.05, 0) is 43.5 Å². The molecule has 1 fully saturated rings. The van der Waals surface area contributed by atoms with Crippen LogP contribution in [0, 0.1) is 5.82 Å². The molecule has 0 amide bonds. The maximum absolute atomic E-state index is 13.4. The van der Waals surface area contributed by atoms with Crippen molar-refractivity contribution < 1.29 is 9.13 Å². The third kappa shape index (κ3) is 4.55. The fraction of sp³-hybridized carbons (Fsp3) is 0.435. The molecule has 12 heteroatoms. The Kier molecular flexibility index (Phi) is 6.56. The van der Waals surface area contributed by atoms with Crippen molar-refractivity contribution in [1.82, 2.24) is 33.4 Å². The van der Waals surface area contributed by atoms with Gasteiger partial charge in [0.15, 0.2) is 22.1 Å². The highest BCUT2D eigenvalue weighted by molar-refractivity contribution is 7.99. The van der Waals surface area contributed by atoms with Crippen LogP contribution in [0.15, 0.2) is 45.3 Å². The van der Waals surface area contributed by atoms with Gasteiger partial charge in [0.2, 0.25) is 0 Å². The summed E-state index contributed by atoms with van der Waals surface area (Å²) in [5.41, 5.74) is 0.839. The molecule has 4 aromatic rings. The zero-order valence-electron chi connectivity index (χ0n) is 19.6. The Morgan fingerprint density at radius 2 is 1.94 bits per heavy atom. The predicted octanol–water partition coefficient (Wildman–Crippen LogP) is 2.19. The van der Waals surface area contributed by atoms with E-state index in [0.717, 1.165) is 30.2 Å². The topological polar surface area (TPSA) is 102 Å². The van der Waals surface area contributed by atoms with Gasteiger partial charge in [0, 0.05) is 38.6 Å². The minimum absolute atomic E-state index is 0.0803. The van der Waals surface area contributed by atoms with Crippen molar-refractivity contribution in [1.29, 1.82) is 0 Å². The third-order valence-corrected chi connectivity index (χ3v) is 7.24. The second-order valence-electron chi connectivity index (χ2n) is 8.59. The smallest absolute Gasteiger partial charge is 0.332 e. The highest BCUT2D eigenvalue weighted by atomic mass is 32.2. The highest BCUT2D eigenvalue weighted by Gasteiger charge is 2.22. The summed E-state index contributed by atoms with van der Waals surface area (Å²) in [6.07, 6.45) is 4.18. The molecule has 0 radical (unpaired) electrons. The van der Waals surface area contributed by atoms with E-state index in [4.69, 9.17) is 4.74 Å². The Morgan fingerprint density at radius 1 is 1.14 bits per heavy atom. The van der Waals surface area contributed by atoms with Crippen LogP contribution in [0.2, 0.25) is 0 Å². The van der Waals surface area contributed by atoms with Crippen molar-refractivity contribution in [3.8, 4) is 11.4 Å². The number of rotatable bonds is 8. The molecule has 0 unspecified atom stereocenters. The molecule has 0 N–H and O–H groups in total. The lowest BCUT2D eigenvalue weighted by Gasteiger charge is -2.15. The molecule has 0 saturated carbocycles. The van der Waals surface area contributed by atoms with Crippen molar-refractivity contribution in [2.45, 2.75) is 43.6 Å². The summed E-state index contributed by atoms with van der Waals surface area (Å²) in [7, 11) is 3.36. The molecule has 1 atom stereocenters. The van der Waals surface area contributed by atoms with Crippen molar-refractivity contribution in [3.63, 3.8) is 0 Å². The summed E-state index contributed by atoms with van der Waals surface area (Å²) >= 11 is 1.51. The number of ether oxygens (including phenoxy) is 1. The van der Waals surface area contributed by atoms with Gasteiger partial charge in [-0.2, -0.15) is 0 Å². The summed E-state index contributed by atoms with van der Waals surface area (Å²) in [4.78, 5) is 29.8. The number of fused-ring (bicyclic) bond motifs is 1.